The minimum atomic E-state index is -2.16. The zero-order chi connectivity index (χ0) is 8.43. The van der Waals surface area contributed by atoms with E-state index in [0.717, 1.165) is 0 Å². The molecule has 0 aliphatic rings. The Morgan fingerprint density at radius 3 is 2.73 bits per heavy atom. The van der Waals surface area contributed by atoms with E-state index in [9.17, 15) is 9.00 Å². The average Bonchev–Trinajstić information content (AvgIpc) is 2.32. The Kier molecular flexibility index (Phi) is 2.06. The zero-order valence-corrected chi connectivity index (χ0v) is 6.22. The molecule has 60 valence electrons. The standard InChI is InChI=1S/C5H6N2O3S/c6-5(8)4-3(11(9)10)1-2-7-4/h1-2,7H,(H2,6,8)(H,9,10). The maximum Gasteiger partial charge on any atom is 0.266 e. The molecule has 5 nitrogen and oxygen atoms in total. The van der Waals surface area contributed by atoms with E-state index in [4.69, 9.17) is 10.3 Å². The van der Waals surface area contributed by atoms with Gasteiger partial charge in [-0.25, -0.2) is 4.21 Å². The highest BCUT2D eigenvalue weighted by atomic mass is 32.2. The summed E-state index contributed by atoms with van der Waals surface area (Å²) in [7, 11) is 0. The molecule has 1 unspecified atom stereocenters. The van der Waals surface area contributed by atoms with Crippen molar-refractivity contribution >= 4 is 17.0 Å². The van der Waals surface area contributed by atoms with E-state index >= 15 is 0 Å². The molecule has 0 aliphatic heterocycles. The maximum absolute atomic E-state index is 10.5. The smallest absolute Gasteiger partial charge is 0.266 e. The van der Waals surface area contributed by atoms with E-state index in [1.54, 1.807) is 0 Å². The van der Waals surface area contributed by atoms with Crippen LogP contribution < -0.4 is 5.73 Å². The number of primary amides is 1. The van der Waals surface area contributed by atoms with E-state index in [1.807, 2.05) is 0 Å². The maximum atomic E-state index is 10.5. The van der Waals surface area contributed by atoms with Crippen molar-refractivity contribution in [3.63, 3.8) is 0 Å². The fraction of sp³-hybridized carbons (Fsp3) is 0. The largest absolute Gasteiger partial charge is 0.364 e. The summed E-state index contributed by atoms with van der Waals surface area (Å²) in [6, 6.07) is 1.33. The van der Waals surface area contributed by atoms with Gasteiger partial charge in [-0.1, -0.05) is 0 Å². The highest BCUT2D eigenvalue weighted by Gasteiger charge is 2.12. The molecule has 0 spiro atoms. The first kappa shape index (κ1) is 7.96. The number of hydrogen-bond acceptors (Lipinski definition) is 2. The van der Waals surface area contributed by atoms with Crippen molar-refractivity contribution in [3.8, 4) is 0 Å². The van der Waals surface area contributed by atoms with Crippen LogP contribution in [0.3, 0.4) is 0 Å². The number of aromatic nitrogens is 1. The van der Waals surface area contributed by atoms with Crippen LogP contribution >= 0.6 is 0 Å². The number of amides is 1. The number of rotatable bonds is 2. The lowest BCUT2D eigenvalue weighted by Crippen LogP contribution is -2.13. The second-order valence-corrected chi connectivity index (χ2v) is 2.77. The Morgan fingerprint density at radius 2 is 2.36 bits per heavy atom. The van der Waals surface area contributed by atoms with Crippen LogP contribution in [0.2, 0.25) is 0 Å². The lowest BCUT2D eigenvalue weighted by atomic mass is 10.4. The van der Waals surface area contributed by atoms with Crippen molar-refractivity contribution in [2.75, 3.05) is 0 Å². The van der Waals surface area contributed by atoms with Gasteiger partial charge in [0.1, 0.15) is 5.69 Å². The summed E-state index contributed by atoms with van der Waals surface area (Å²) in [5, 5.41) is 0. The van der Waals surface area contributed by atoms with E-state index in [-0.39, 0.29) is 10.6 Å². The number of carbonyl (C=O) groups excluding carboxylic acids is 1. The molecular weight excluding hydrogens is 168 g/mol. The molecule has 1 amide bonds. The van der Waals surface area contributed by atoms with Gasteiger partial charge in [0.25, 0.3) is 5.91 Å². The van der Waals surface area contributed by atoms with Crippen molar-refractivity contribution in [2.24, 2.45) is 5.73 Å². The molecule has 6 heteroatoms. The predicted molar refractivity (Wildman–Crippen MR) is 38.3 cm³/mol. The average molecular weight is 174 g/mol. The predicted octanol–water partition coefficient (Wildman–Crippen LogP) is -0.306. The number of nitrogens with one attached hydrogen (secondary N) is 1. The third kappa shape index (κ3) is 1.47. The lowest BCUT2D eigenvalue weighted by Gasteiger charge is -1.92. The highest BCUT2D eigenvalue weighted by Crippen LogP contribution is 2.08. The fourth-order valence-corrected chi connectivity index (χ4v) is 1.21. The van der Waals surface area contributed by atoms with Crippen molar-refractivity contribution < 1.29 is 13.6 Å². The minimum absolute atomic E-state index is 0.0116. The van der Waals surface area contributed by atoms with Crippen molar-refractivity contribution in [2.45, 2.75) is 4.90 Å². The number of aromatic amines is 1. The summed E-state index contributed by atoms with van der Waals surface area (Å²) < 4.78 is 19.1. The Labute approximate surface area is 64.9 Å². The lowest BCUT2D eigenvalue weighted by molar-refractivity contribution is 0.0993. The molecule has 0 bridgehead atoms. The topological polar surface area (TPSA) is 96.2 Å². The van der Waals surface area contributed by atoms with Gasteiger partial charge in [-0.2, -0.15) is 0 Å². The molecule has 1 atom stereocenters. The SMILES string of the molecule is NC(=O)c1[nH]ccc1S(=O)O. The first-order chi connectivity index (χ1) is 5.13. The van der Waals surface area contributed by atoms with Gasteiger partial charge in [0, 0.05) is 6.20 Å². The van der Waals surface area contributed by atoms with Crippen LogP contribution in [0, 0.1) is 0 Å². The second kappa shape index (κ2) is 2.85. The van der Waals surface area contributed by atoms with Crippen molar-refractivity contribution in [1.82, 2.24) is 4.98 Å². The van der Waals surface area contributed by atoms with Crippen LogP contribution in [0.5, 0.6) is 0 Å². The van der Waals surface area contributed by atoms with Gasteiger partial charge >= 0.3 is 0 Å². The Hall–Kier alpha value is -1.14. The van der Waals surface area contributed by atoms with E-state index < -0.39 is 17.0 Å². The Morgan fingerprint density at radius 1 is 1.73 bits per heavy atom. The second-order valence-electron chi connectivity index (χ2n) is 1.83. The summed E-state index contributed by atoms with van der Waals surface area (Å²) in [6.07, 6.45) is 1.38. The van der Waals surface area contributed by atoms with Crippen molar-refractivity contribution in [3.05, 3.63) is 18.0 Å². The summed E-state index contributed by atoms with van der Waals surface area (Å²) in [5.41, 5.74) is 4.86. The fourth-order valence-electron chi connectivity index (χ4n) is 0.693. The quantitative estimate of drug-likeness (QED) is 0.537. The van der Waals surface area contributed by atoms with Crippen LogP contribution in [-0.2, 0) is 11.1 Å². The number of carbonyl (C=O) groups is 1. The summed E-state index contributed by atoms with van der Waals surface area (Å²) >= 11 is -2.16. The van der Waals surface area contributed by atoms with Gasteiger partial charge in [-0.05, 0) is 6.07 Å². The highest BCUT2D eigenvalue weighted by molar-refractivity contribution is 7.79. The van der Waals surface area contributed by atoms with Crippen molar-refractivity contribution in [1.29, 1.82) is 0 Å². The summed E-state index contributed by atoms with van der Waals surface area (Å²) in [4.78, 5) is 13.0. The van der Waals surface area contributed by atoms with Crippen LogP contribution in [0.15, 0.2) is 17.2 Å². The summed E-state index contributed by atoms with van der Waals surface area (Å²) in [6.45, 7) is 0. The molecule has 1 aromatic rings. The normalized spacial score (nSPS) is 12.8. The Balaban J connectivity index is 3.16. The molecule has 0 radical (unpaired) electrons. The number of hydrogen-bond donors (Lipinski definition) is 3. The third-order valence-corrected chi connectivity index (χ3v) is 1.86. The molecule has 0 saturated carbocycles. The molecule has 4 N–H and O–H groups in total. The van der Waals surface area contributed by atoms with Gasteiger partial charge in [-0.3, -0.25) is 4.79 Å². The van der Waals surface area contributed by atoms with Gasteiger partial charge in [-0.15, -0.1) is 0 Å². The molecule has 1 heterocycles. The molecule has 11 heavy (non-hydrogen) atoms. The van der Waals surface area contributed by atoms with Gasteiger partial charge in [0.2, 0.25) is 0 Å². The molecular formula is C5H6N2O3S. The van der Waals surface area contributed by atoms with Crippen LogP contribution in [-0.4, -0.2) is 19.7 Å². The van der Waals surface area contributed by atoms with E-state index in [1.165, 1.54) is 12.3 Å². The molecule has 0 saturated heterocycles. The van der Waals surface area contributed by atoms with Gasteiger partial charge < -0.3 is 15.3 Å². The first-order valence-electron chi connectivity index (χ1n) is 2.71. The van der Waals surface area contributed by atoms with Crippen LogP contribution in [0.4, 0.5) is 0 Å². The molecule has 1 rings (SSSR count). The Bertz CT molecular complexity index is 278. The molecule has 0 fully saturated rings. The van der Waals surface area contributed by atoms with Crippen LogP contribution in [0.25, 0.3) is 0 Å². The minimum Gasteiger partial charge on any atom is -0.364 e. The number of nitrogens with two attached hydrogens (primary N) is 1. The molecule has 0 aliphatic carbocycles. The first-order valence-corrected chi connectivity index (χ1v) is 3.81. The van der Waals surface area contributed by atoms with E-state index in [2.05, 4.69) is 4.98 Å². The molecule has 0 aromatic carbocycles. The van der Waals surface area contributed by atoms with Gasteiger partial charge in [0.05, 0.1) is 4.90 Å². The van der Waals surface area contributed by atoms with E-state index in [0.29, 0.717) is 0 Å². The third-order valence-electron chi connectivity index (χ3n) is 1.14. The summed E-state index contributed by atoms with van der Waals surface area (Å²) in [5.74, 6) is -0.743. The zero-order valence-electron chi connectivity index (χ0n) is 5.40. The van der Waals surface area contributed by atoms with Gasteiger partial charge in [0.15, 0.2) is 11.1 Å². The van der Waals surface area contributed by atoms with Crippen LogP contribution in [0.1, 0.15) is 10.5 Å². The monoisotopic (exact) mass is 174 g/mol. The number of H-pyrrole nitrogens is 1. The molecule has 1 aromatic heterocycles.